The van der Waals surface area contributed by atoms with Crippen LogP contribution in [0.3, 0.4) is 0 Å². The summed E-state index contributed by atoms with van der Waals surface area (Å²) in [5.41, 5.74) is 13.0. The molecule has 0 saturated carbocycles. The number of amides is 1. The number of aryl methyl sites for hydroxylation is 2. The molecule has 4 nitrogen and oxygen atoms in total. The third kappa shape index (κ3) is 3.15. The fourth-order valence-corrected chi connectivity index (χ4v) is 4.23. The standard InChI is InChI=1S/C21H22ClN3O/c22-17-5-6-18-16(12-17)4-3-15-2-1-9-24-21(15)20(18)14-7-10-25(11-8-14)19(26)13-23/h1-2,5-6,9,12H,3-4,7-8,10-11,13,23H2. The second kappa shape index (κ2) is 7.22. The van der Waals surface area contributed by atoms with Crippen LogP contribution in [0.15, 0.2) is 42.1 Å². The van der Waals surface area contributed by atoms with Gasteiger partial charge in [-0.25, -0.2) is 0 Å². The monoisotopic (exact) mass is 367 g/mol. The lowest BCUT2D eigenvalue weighted by Crippen LogP contribution is -2.40. The average Bonchev–Trinajstić information content (AvgIpc) is 2.84. The summed E-state index contributed by atoms with van der Waals surface area (Å²) in [6, 6.07) is 10.3. The summed E-state index contributed by atoms with van der Waals surface area (Å²) < 4.78 is 0. The number of carbonyl (C=O) groups is 1. The molecule has 0 spiro atoms. The van der Waals surface area contributed by atoms with Crippen molar-refractivity contribution in [3.63, 3.8) is 0 Å². The quantitative estimate of drug-likeness (QED) is 0.841. The molecule has 5 heteroatoms. The summed E-state index contributed by atoms with van der Waals surface area (Å²) in [6.07, 6.45) is 5.51. The summed E-state index contributed by atoms with van der Waals surface area (Å²) in [7, 11) is 0. The van der Waals surface area contributed by atoms with Gasteiger partial charge in [0, 0.05) is 29.9 Å². The molecular weight excluding hydrogens is 346 g/mol. The molecule has 26 heavy (non-hydrogen) atoms. The van der Waals surface area contributed by atoms with E-state index in [1.54, 1.807) is 0 Å². The van der Waals surface area contributed by atoms with Gasteiger partial charge in [-0.15, -0.1) is 0 Å². The van der Waals surface area contributed by atoms with E-state index in [2.05, 4.69) is 18.2 Å². The number of nitrogens with zero attached hydrogens (tertiary/aromatic N) is 2. The highest BCUT2D eigenvalue weighted by Crippen LogP contribution is 2.38. The van der Waals surface area contributed by atoms with Gasteiger partial charge in [-0.2, -0.15) is 0 Å². The van der Waals surface area contributed by atoms with Gasteiger partial charge in [0.05, 0.1) is 12.2 Å². The Kier molecular flexibility index (Phi) is 4.79. The van der Waals surface area contributed by atoms with Crippen molar-refractivity contribution in [2.75, 3.05) is 19.6 Å². The van der Waals surface area contributed by atoms with E-state index in [1.807, 2.05) is 23.2 Å². The summed E-state index contributed by atoms with van der Waals surface area (Å²) in [4.78, 5) is 18.5. The van der Waals surface area contributed by atoms with Gasteiger partial charge in [0.15, 0.2) is 0 Å². The molecule has 2 aliphatic rings. The van der Waals surface area contributed by atoms with Crippen molar-refractivity contribution < 1.29 is 4.79 Å². The van der Waals surface area contributed by atoms with Gasteiger partial charge in [-0.1, -0.05) is 29.3 Å². The smallest absolute Gasteiger partial charge is 0.236 e. The molecular formula is C21H22ClN3O. The molecule has 2 aromatic rings. The van der Waals surface area contributed by atoms with Crippen LogP contribution in [-0.2, 0) is 17.6 Å². The number of rotatable bonds is 1. The second-order valence-corrected chi connectivity index (χ2v) is 7.31. The van der Waals surface area contributed by atoms with Crippen molar-refractivity contribution in [2.24, 2.45) is 5.73 Å². The van der Waals surface area contributed by atoms with E-state index in [-0.39, 0.29) is 12.5 Å². The zero-order chi connectivity index (χ0) is 18.1. The van der Waals surface area contributed by atoms with Crippen molar-refractivity contribution >= 4 is 23.1 Å². The van der Waals surface area contributed by atoms with Crippen LogP contribution in [0.1, 0.15) is 35.2 Å². The maximum atomic E-state index is 11.9. The number of piperidine rings is 1. The first-order valence-corrected chi connectivity index (χ1v) is 9.48. The van der Waals surface area contributed by atoms with E-state index in [0.717, 1.165) is 49.5 Å². The molecule has 2 N–H and O–H groups in total. The van der Waals surface area contributed by atoms with E-state index in [0.29, 0.717) is 0 Å². The SMILES string of the molecule is NCC(=O)N1CCC(=C2c3ccc(Cl)cc3CCc3cccnc32)CC1. The number of carbonyl (C=O) groups excluding carboxylic acids is 1. The highest BCUT2D eigenvalue weighted by Gasteiger charge is 2.26. The number of nitrogens with two attached hydrogens (primary N) is 1. The van der Waals surface area contributed by atoms with Crippen molar-refractivity contribution in [3.05, 3.63) is 69.5 Å². The Morgan fingerprint density at radius 3 is 2.65 bits per heavy atom. The minimum absolute atomic E-state index is 0.0284. The minimum Gasteiger partial charge on any atom is -0.341 e. The first-order chi connectivity index (χ1) is 12.7. The molecule has 0 atom stereocenters. The molecule has 4 rings (SSSR count). The first kappa shape index (κ1) is 17.3. The molecule has 0 bridgehead atoms. The summed E-state index contributed by atoms with van der Waals surface area (Å²) in [6.45, 7) is 1.53. The molecule has 1 saturated heterocycles. The van der Waals surface area contributed by atoms with Gasteiger partial charge in [0.25, 0.3) is 0 Å². The molecule has 1 fully saturated rings. The van der Waals surface area contributed by atoms with E-state index < -0.39 is 0 Å². The lowest BCUT2D eigenvalue weighted by Gasteiger charge is -2.30. The molecule has 1 aromatic carbocycles. The predicted octanol–water partition coefficient (Wildman–Crippen LogP) is 3.22. The van der Waals surface area contributed by atoms with Crippen LogP contribution in [-0.4, -0.2) is 35.4 Å². The lowest BCUT2D eigenvalue weighted by molar-refractivity contribution is -0.130. The zero-order valence-corrected chi connectivity index (χ0v) is 15.4. The van der Waals surface area contributed by atoms with Crippen molar-refractivity contribution in [1.82, 2.24) is 9.88 Å². The Bertz CT molecular complexity index is 881. The minimum atomic E-state index is 0.0284. The van der Waals surface area contributed by atoms with E-state index >= 15 is 0 Å². The van der Waals surface area contributed by atoms with Gasteiger partial charge in [0.2, 0.25) is 5.91 Å². The normalized spacial score (nSPS) is 16.8. The Hall–Kier alpha value is -2.17. The van der Waals surface area contributed by atoms with Crippen LogP contribution in [0.5, 0.6) is 0 Å². The van der Waals surface area contributed by atoms with Crippen LogP contribution < -0.4 is 5.73 Å². The summed E-state index contributed by atoms with van der Waals surface area (Å²) >= 11 is 6.26. The van der Waals surface area contributed by atoms with Gasteiger partial charge >= 0.3 is 0 Å². The van der Waals surface area contributed by atoms with Crippen LogP contribution in [0.2, 0.25) is 5.02 Å². The summed E-state index contributed by atoms with van der Waals surface area (Å²) in [5.74, 6) is 0.0284. The first-order valence-electron chi connectivity index (χ1n) is 9.10. The number of fused-ring (bicyclic) bond motifs is 2. The second-order valence-electron chi connectivity index (χ2n) is 6.88. The average molecular weight is 368 g/mol. The van der Waals surface area contributed by atoms with Crippen molar-refractivity contribution in [3.8, 4) is 0 Å². The fourth-order valence-electron chi connectivity index (χ4n) is 4.04. The molecule has 1 aliphatic heterocycles. The number of likely N-dealkylation sites (tertiary alicyclic amines) is 1. The van der Waals surface area contributed by atoms with Gasteiger partial charge in [-0.3, -0.25) is 9.78 Å². The highest BCUT2D eigenvalue weighted by molar-refractivity contribution is 6.30. The molecule has 0 radical (unpaired) electrons. The van der Waals surface area contributed by atoms with Gasteiger partial charge in [0.1, 0.15) is 0 Å². The number of pyridine rings is 1. The maximum Gasteiger partial charge on any atom is 0.236 e. The lowest BCUT2D eigenvalue weighted by atomic mass is 9.88. The Morgan fingerprint density at radius 2 is 1.88 bits per heavy atom. The molecule has 1 aromatic heterocycles. The number of hydrogen-bond donors (Lipinski definition) is 1. The third-order valence-electron chi connectivity index (χ3n) is 5.38. The molecule has 0 unspecified atom stereocenters. The molecule has 1 aliphatic carbocycles. The maximum absolute atomic E-state index is 11.9. The van der Waals surface area contributed by atoms with Crippen LogP contribution in [0, 0.1) is 0 Å². The Labute approximate surface area is 158 Å². The van der Waals surface area contributed by atoms with E-state index in [9.17, 15) is 4.79 Å². The highest BCUT2D eigenvalue weighted by atomic mass is 35.5. The van der Waals surface area contributed by atoms with E-state index in [1.165, 1.54) is 27.8 Å². The molecule has 1 amide bonds. The molecule has 2 heterocycles. The van der Waals surface area contributed by atoms with Gasteiger partial charge < -0.3 is 10.6 Å². The Balaban J connectivity index is 1.81. The Morgan fingerprint density at radius 1 is 1.12 bits per heavy atom. The predicted molar refractivity (Wildman–Crippen MR) is 104 cm³/mol. The van der Waals surface area contributed by atoms with Crippen LogP contribution in [0.25, 0.3) is 5.57 Å². The van der Waals surface area contributed by atoms with Crippen LogP contribution in [0.4, 0.5) is 0 Å². The fraction of sp³-hybridized carbons (Fsp3) is 0.333. The van der Waals surface area contributed by atoms with Crippen molar-refractivity contribution in [2.45, 2.75) is 25.7 Å². The van der Waals surface area contributed by atoms with E-state index in [4.69, 9.17) is 22.3 Å². The molecule has 134 valence electrons. The number of aromatic nitrogens is 1. The number of benzene rings is 1. The number of halogens is 1. The topological polar surface area (TPSA) is 59.2 Å². The van der Waals surface area contributed by atoms with Gasteiger partial charge in [-0.05, 0) is 60.6 Å². The third-order valence-corrected chi connectivity index (χ3v) is 5.61. The number of hydrogen-bond acceptors (Lipinski definition) is 3. The van der Waals surface area contributed by atoms with Crippen LogP contribution >= 0.6 is 11.6 Å². The largest absolute Gasteiger partial charge is 0.341 e. The van der Waals surface area contributed by atoms with Crippen molar-refractivity contribution in [1.29, 1.82) is 0 Å². The summed E-state index contributed by atoms with van der Waals surface area (Å²) in [5, 5.41) is 0.773. The zero-order valence-electron chi connectivity index (χ0n) is 14.7.